The fourth-order valence-electron chi connectivity index (χ4n) is 5.52. The molecule has 5 heteroatoms. The zero-order valence-electron chi connectivity index (χ0n) is 27.4. The number of hydrogen-bond acceptors (Lipinski definition) is 5. The van der Waals surface area contributed by atoms with Crippen molar-refractivity contribution in [2.45, 2.75) is 168 Å². The second-order valence-electron chi connectivity index (χ2n) is 12.1. The van der Waals surface area contributed by atoms with E-state index in [1.165, 1.54) is 116 Å². The van der Waals surface area contributed by atoms with Gasteiger partial charge in [0.1, 0.15) is 0 Å². The largest absolute Gasteiger partial charge is 0.465 e. The number of ether oxygens (including phenoxy) is 2. The normalized spacial score (nSPS) is 12.3. The van der Waals surface area contributed by atoms with Gasteiger partial charge in [-0.15, -0.1) is 0 Å². The Bertz CT molecular complexity index is 502. The second kappa shape index (κ2) is 32.9. The van der Waals surface area contributed by atoms with Gasteiger partial charge in [-0.3, -0.25) is 4.79 Å². The van der Waals surface area contributed by atoms with Gasteiger partial charge in [0.2, 0.25) is 0 Å². The third-order valence-electron chi connectivity index (χ3n) is 8.21. The summed E-state index contributed by atoms with van der Waals surface area (Å²) in [6.45, 7) is 9.71. The molecular formula is C35H71NO4. The molecule has 0 amide bonds. The Labute approximate surface area is 250 Å². The molecule has 40 heavy (non-hydrogen) atoms. The first-order valence-corrected chi connectivity index (χ1v) is 17.7. The third kappa shape index (κ3) is 27.5. The number of carbonyl (C=O) groups is 1. The fraction of sp³-hybridized carbons (Fsp3) is 0.971. The first kappa shape index (κ1) is 39.4. The standard InChI is InChI=1S/C35H71NO4/c1-4-6-8-10-13-19-27-34(26-18-9-7-5-2)35(38)40-33-25-17-15-21-29-36(30-22-23-31-37)28-20-14-11-12-16-24-32-39-3/h34,37H,4-33H2,1-3H3. The molecule has 0 rings (SSSR count). The molecule has 1 unspecified atom stereocenters. The van der Waals surface area contributed by atoms with Crippen LogP contribution in [-0.4, -0.2) is 62.5 Å². The Hall–Kier alpha value is -0.650. The van der Waals surface area contributed by atoms with Crippen LogP contribution < -0.4 is 0 Å². The Balaban J connectivity index is 4.12. The summed E-state index contributed by atoms with van der Waals surface area (Å²) in [6.07, 6.45) is 28.8. The second-order valence-corrected chi connectivity index (χ2v) is 12.1. The van der Waals surface area contributed by atoms with Crippen LogP contribution in [0.2, 0.25) is 0 Å². The van der Waals surface area contributed by atoms with E-state index in [1.54, 1.807) is 7.11 Å². The molecule has 0 aliphatic carbocycles. The molecule has 1 N–H and O–H groups in total. The summed E-state index contributed by atoms with van der Waals surface area (Å²) in [5.41, 5.74) is 0. The van der Waals surface area contributed by atoms with Crippen molar-refractivity contribution in [3.63, 3.8) is 0 Å². The van der Waals surface area contributed by atoms with Crippen molar-refractivity contribution in [2.24, 2.45) is 5.92 Å². The Morgan fingerprint density at radius 2 is 1.00 bits per heavy atom. The predicted molar refractivity (Wildman–Crippen MR) is 172 cm³/mol. The highest BCUT2D eigenvalue weighted by atomic mass is 16.5. The highest BCUT2D eigenvalue weighted by Gasteiger charge is 2.19. The number of esters is 1. The maximum atomic E-state index is 12.8. The van der Waals surface area contributed by atoms with Crippen molar-refractivity contribution in [2.75, 3.05) is 46.6 Å². The molecule has 1 atom stereocenters. The van der Waals surface area contributed by atoms with Crippen LogP contribution in [0.1, 0.15) is 168 Å². The summed E-state index contributed by atoms with van der Waals surface area (Å²) in [6, 6.07) is 0. The van der Waals surface area contributed by atoms with Crippen molar-refractivity contribution in [3.8, 4) is 0 Å². The van der Waals surface area contributed by atoms with Gasteiger partial charge in [-0.05, 0) is 71.0 Å². The highest BCUT2D eigenvalue weighted by molar-refractivity contribution is 5.72. The van der Waals surface area contributed by atoms with Gasteiger partial charge in [0, 0.05) is 20.3 Å². The SMILES string of the molecule is CCCCCCCCC(CCCCCC)C(=O)OCCCCCCN(CCCCO)CCCCCCCCOC. The van der Waals surface area contributed by atoms with E-state index in [-0.39, 0.29) is 11.9 Å². The molecule has 0 radical (unpaired) electrons. The van der Waals surface area contributed by atoms with E-state index in [4.69, 9.17) is 14.6 Å². The number of aliphatic hydroxyl groups is 1. The van der Waals surface area contributed by atoms with Crippen LogP contribution in [0.3, 0.4) is 0 Å². The Morgan fingerprint density at radius 1 is 0.575 bits per heavy atom. The lowest BCUT2D eigenvalue weighted by atomic mass is 9.94. The lowest BCUT2D eigenvalue weighted by Gasteiger charge is -2.22. The van der Waals surface area contributed by atoms with Gasteiger partial charge in [-0.25, -0.2) is 0 Å². The lowest BCUT2D eigenvalue weighted by Crippen LogP contribution is -2.27. The topological polar surface area (TPSA) is 59.0 Å². The van der Waals surface area contributed by atoms with E-state index < -0.39 is 0 Å². The lowest BCUT2D eigenvalue weighted by molar-refractivity contribution is -0.149. The molecule has 0 aromatic heterocycles. The molecule has 0 saturated heterocycles. The molecule has 0 aliphatic heterocycles. The van der Waals surface area contributed by atoms with Crippen molar-refractivity contribution in [1.29, 1.82) is 0 Å². The molecule has 5 nitrogen and oxygen atoms in total. The van der Waals surface area contributed by atoms with E-state index in [0.717, 1.165) is 64.6 Å². The van der Waals surface area contributed by atoms with Crippen molar-refractivity contribution in [1.82, 2.24) is 4.90 Å². The van der Waals surface area contributed by atoms with Crippen molar-refractivity contribution >= 4 is 5.97 Å². The molecule has 0 aliphatic rings. The molecule has 0 spiro atoms. The van der Waals surface area contributed by atoms with Crippen LogP contribution in [0.15, 0.2) is 0 Å². The number of carbonyl (C=O) groups excluding carboxylic acids is 1. The number of methoxy groups -OCH3 is 1. The zero-order valence-corrected chi connectivity index (χ0v) is 27.4. The molecule has 240 valence electrons. The van der Waals surface area contributed by atoms with Gasteiger partial charge in [-0.1, -0.05) is 117 Å². The van der Waals surface area contributed by atoms with Crippen LogP contribution in [0.25, 0.3) is 0 Å². The minimum atomic E-state index is 0.0683. The Kier molecular flexibility index (Phi) is 32.3. The Morgan fingerprint density at radius 3 is 1.52 bits per heavy atom. The average molecular weight is 570 g/mol. The van der Waals surface area contributed by atoms with E-state index in [9.17, 15) is 4.79 Å². The molecule has 0 fully saturated rings. The van der Waals surface area contributed by atoms with Crippen LogP contribution in [0.4, 0.5) is 0 Å². The fourth-order valence-corrected chi connectivity index (χ4v) is 5.52. The van der Waals surface area contributed by atoms with Gasteiger partial charge >= 0.3 is 5.97 Å². The van der Waals surface area contributed by atoms with Crippen molar-refractivity contribution < 1.29 is 19.4 Å². The smallest absolute Gasteiger partial charge is 0.308 e. The number of unbranched alkanes of at least 4 members (excludes halogenated alkanes) is 17. The summed E-state index contributed by atoms with van der Waals surface area (Å²) in [5, 5.41) is 9.17. The maximum Gasteiger partial charge on any atom is 0.308 e. The zero-order chi connectivity index (χ0) is 29.4. The summed E-state index contributed by atoms with van der Waals surface area (Å²) >= 11 is 0. The summed E-state index contributed by atoms with van der Waals surface area (Å²) in [4.78, 5) is 15.4. The summed E-state index contributed by atoms with van der Waals surface area (Å²) < 4.78 is 10.9. The first-order valence-electron chi connectivity index (χ1n) is 17.7. The number of nitrogens with zero attached hydrogens (tertiary/aromatic N) is 1. The predicted octanol–water partition coefficient (Wildman–Crippen LogP) is 9.49. The summed E-state index contributed by atoms with van der Waals surface area (Å²) in [5.74, 6) is 0.180. The average Bonchev–Trinajstić information content (AvgIpc) is 2.96. The first-order chi connectivity index (χ1) is 19.7. The number of aliphatic hydroxyl groups excluding tert-OH is 1. The van der Waals surface area contributed by atoms with Gasteiger partial charge < -0.3 is 19.5 Å². The minimum absolute atomic E-state index is 0.0683. The van der Waals surface area contributed by atoms with Gasteiger partial charge in [0.25, 0.3) is 0 Å². The van der Waals surface area contributed by atoms with E-state index in [1.807, 2.05) is 0 Å². The quantitative estimate of drug-likeness (QED) is 0.0630. The summed E-state index contributed by atoms with van der Waals surface area (Å²) in [7, 11) is 1.78. The van der Waals surface area contributed by atoms with Crippen LogP contribution in [0.5, 0.6) is 0 Å². The maximum absolute atomic E-state index is 12.8. The number of rotatable bonds is 33. The van der Waals surface area contributed by atoms with Gasteiger partial charge in [0.05, 0.1) is 12.5 Å². The van der Waals surface area contributed by atoms with Gasteiger partial charge in [0.15, 0.2) is 0 Å². The highest BCUT2D eigenvalue weighted by Crippen LogP contribution is 2.21. The molecular weight excluding hydrogens is 498 g/mol. The minimum Gasteiger partial charge on any atom is -0.465 e. The molecule has 0 saturated carbocycles. The molecule has 0 bridgehead atoms. The van der Waals surface area contributed by atoms with Crippen molar-refractivity contribution in [3.05, 3.63) is 0 Å². The third-order valence-corrected chi connectivity index (χ3v) is 8.21. The van der Waals surface area contributed by atoms with E-state index >= 15 is 0 Å². The van der Waals surface area contributed by atoms with Crippen LogP contribution in [-0.2, 0) is 14.3 Å². The molecule has 0 aromatic carbocycles. The molecule has 0 aromatic rings. The van der Waals surface area contributed by atoms with Gasteiger partial charge in [-0.2, -0.15) is 0 Å². The van der Waals surface area contributed by atoms with E-state index in [2.05, 4.69) is 18.7 Å². The van der Waals surface area contributed by atoms with Crippen LogP contribution >= 0.6 is 0 Å². The molecule has 0 heterocycles. The van der Waals surface area contributed by atoms with Crippen LogP contribution in [0, 0.1) is 5.92 Å². The monoisotopic (exact) mass is 570 g/mol. The van der Waals surface area contributed by atoms with E-state index in [0.29, 0.717) is 13.2 Å². The number of hydrogen-bond donors (Lipinski definition) is 1.